The summed E-state index contributed by atoms with van der Waals surface area (Å²) < 4.78 is 0. The van der Waals surface area contributed by atoms with Gasteiger partial charge in [-0.2, -0.15) is 0 Å². The van der Waals surface area contributed by atoms with E-state index in [1.807, 2.05) is 6.08 Å². The van der Waals surface area contributed by atoms with Crippen LogP contribution in [0.3, 0.4) is 0 Å². The molecule has 0 amide bonds. The Morgan fingerprint density at radius 3 is 2.08 bits per heavy atom. The van der Waals surface area contributed by atoms with E-state index in [2.05, 4.69) is 6.58 Å². The van der Waals surface area contributed by atoms with Gasteiger partial charge in [0.15, 0.2) is 0 Å². The summed E-state index contributed by atoms with van der Waals surface area (Å²) in [5.74, 6) is 0. The van der Waals surface area contributed by atoms with E-state index in [0.717, 1.165) is 25.5 Å². The third-order valence-corrected chi connectivity index (χ3v) is 1.88. The second kappa shape index (κ2) is 10.3. The number of unbranched alkanes of at least 4 members (excludes halogenated alkanes) is 6. The lowest BCUT2D eigenvalue weighted by Gasteiger charge is -1.97. The van der Waals surface area contributed by atoms with E-state index in [-0.39, 0.29) is 0 Å². The van der Waals surface area contributed by atoms with Crippen LogP contribution in [0.25, 0.3) is 0 Å². The normalized spacial score (nSPS) is 10.7. The third-order valence-electron chi connectivity index (χ3n) is 1.88. The standard InChI is InChI=1S/C11H19O/c1-2-3-4-5-6-7-8-9-10-11-12/h2,10-11H,1,3-9H2. The van der Waals surface area contributed by atoms with Crippen molar-refractivity contribution in [3.05, 3.63) is 25.0 Å². The molecule has 1 nitrogen and oxygen atoms in total. The highest BCUT2D eigenvalue weighted by Crippen LogP contribution is 2.07. The molecule has 0 saturated heterocycles. The van der Waals surface area contributed by atoms with Crippen molar-refractivity contribution in [3.8, 4) is 0 Å². The highest BCUT2D eigenvalue weighted by Gasteiger charge is 1.88. The maximum absolute atomic E-state index is 9.91. The summed E-state index contributed by atoms with van der Waals surface area (Å²) >= 11 is 0. The van der Waals surface area contributed by atoms with Crippen LogP contribution in [-0.4, -0.2) is 0 Å². The molecule has 0 unspecified atom stereocenters. The van der Waals surface area contributed by atoms with Gasteiger partial charge in [0.05, 0.1) is 0 Å². The van der Waals surface area contributed by atoms with Crippen LogP contribution in [-0.2, 0) is 5.11 Å². The summed E-state index contributed by atoms with van der Waals surface area (Å²) in [6.45, 7) is 3.68. The van der Waals surface area contributed by atoms with E-state index in [1.54, 1.807) is 6.08 Å². The van der Waals surface area contributed by atoms with Crippen molar-refractivity contribution in [2.24, 2.45) is 0 Å². The van der Waals surface area contributed by atoms with E-state index in [9.17, 15) is 5.11 Å². The second-order valence-corrected chi connectivity index (χ2v) is 3.01. The zero-order chi connectivity index (χ0) is 9.07. The van der Waals surface area contributed by atoms with Crippen LogP contribution in [0.5, 0.6) is 0 Å². The molecule has 0 spiro atoms. The molecule has 0 heterocycles. The van der Waals surface area contributed by atoms with Gasteiger partial charge < -0.3 is 0 Å². The average molecular weight is 167 g/mol. The van der Waals surface area contributed by atoms with Crippen LogP contribution in [0.15, 0.2) is 25.0 Å². The summed E-state index contributed by atoms with van der Waals surface area (Å²) in [6, 6.07) is 0. The van der Waals surface area contributed by atoms with Gasteiger partial charge in [0.2, 0.25) is 0 Å². The van der Waals surface area contributed by atoms with E-state index < -0.39 is 0 Å². The topological polar surface area (TPSA) is 19.9 Å². The van der Waals surface area contributed by atoms with Crippen LogP contribution in [0.4, 0.5) is 0 Å². The van der Waals surface area contributed by atoms with Crippen molar-refractivity contribution >= 4 is 0 Å². The van der Waals surface area contributed by atoms with Crippen LogP contribution in [0, 0.1) is 0 Å². The van der Waals surface area contributed by atoms with Gasteiger partial charge in [0, 0.05) is 0 Å². The lowest BCUT2D eigenvalue weighted by atomic mass is 10.1. The van der Waals surface area contributed by atoms with Gasteiger partial charge >= 0.3 is 0 Å². The summed E-state index contributed by atoms with van der Waals surface area (Å²) in [5.41, 5.74) is 0. The van der Waals surface area contributed by atoms with Gasteiger partial charge in [-0.15, -0.1) is 6.58 Å². The largest absolute Gasteiger partial charge is 0.299 e. The average Bonchev–Trinajstić information content (AvgIpc) is 2.10. The molecule has 0 saturated carbocycles. The minimum absolute atomic E-state index is 0.887. The van der Waals surface area contributed by atoms with Crippen LogP contribution in [0.2, 0.25) is 0 Å². The fourth-order valence-electron chi connectivity index (χ4n) is 1.15. The molecule has 0 rings (SSSR count). The molecular formula is C11H19O. The molecule has 1 radical (unpaired) electrons. The summed E-state index contributed by atoms with van der Waals surface area (Å²) in [6.07, 6.45) is 12.9. The van der Waals surface area contributed by atoms with Crippen LogP contribution < -0.4 is 0 Å². The first-order valence-electron chi connectivity index (χ1n) is 4.79. The number of hydrogen-bond acceptors (Lipinski definition) is 0. The Morgan fingerprint density at radius 1 is 0.917 bits per heavy atom. The lowest BCUT2D eigenvalue weighted by Crippen LogP contribution is -1.77. The quantitative estimate of drug-likeness (QED) is 0.297. The van der Waals surface area contributed by atoms with Gasteiger partial charge in [-0.05, 0) is 31.8 Å². The molecule has 0 N–H and O–H groups in total. The van der Waals surface area contributed by atoms with E-state index in [4.69, 9.17) is 0 Å². The molecule has 0 fully saturated rings. The molecule has 69 valence electrons. The fraction of sp³-hybridized carbons (Fsp3) is 0.636. The molecule has 0 aromatic heterocycles. The Morgan fingerprint density at radius 2 is 1.50 bits per heavy atom. The van der Waals surface area contributed by atoms with Crippen molar-refractivity contribution in [2.75, 3.05) is 0 Å². The SMILES string of the molecule is C=CCCCCCCCC=C[O]. The monoisotopic (exact) mass is 167 g/mol. The van der Waals surface area contributed by atoms with Crippen LogP contribution in [0.1, 0.15) is 44.9 Å². The minimum Gasteiger partial charge on any atom is -0.299 e. The molecule has 0 aromatic carbocycles. The zero-order valence-electron chi connectivity index (χ0n) is 7.80. The lowest BCUT2D eigenvalue weighted by molar-refractivity contribution is 0.349. The molecule has 12 heavy (non-hydrogen) atoms. The molecule has 0 aliphatic carbocycles. The van der Waals surface area contributed by atoms with Crippen LogP contribution >= 0.6 is 0 Å². The van der Waals surface area contributed by atoms with Crippen molar-refractivity contribution in [1.29, 1.82) is 0 Å². The van der Waals surface area contributed by atoms with Gasteiger partial charge in [-0.25, -0.2) is 0 Å². The molecule has 0 bridgehead atoms. The van der Waals surface area contributed by atoms with E-state index >= 15 is 0 Å². The van der Waals surface area contributed by atoms with E-state index in [0.29, 0.717) is 0 Å². The fourth-order valence-corrected chi connectivity index (χ4v) is 1.15. The van der Waals surface area contributed by atoms with Crippen molar-refractivity contribution in [1.82, 2.24) is 0 Å². The predicted octanol–water partition coefficient (Wildman–Crippen LogP) is 3.85. The Kier molecular flexibility index (Phi) is 9.66. The molecule has 0 aliphatic rings. The third kappa shape index (κ3) is 9.28. The van der Waals surface area contributed by atoms with Crippen molar-refractivity contribution in [2.45, 2.75) is 44.9 Å². The summed E-state index contributed by atoms with van der Waals surface area (Å²) in [7, 11) is 0. The Hall–Kier alpha value is -0.720. The first-order chi connectivity index (χ1) is 5.91. The smallest absolute Gasteiger partial charge is 0.138 e. The van der Waals surface area contributed by atoms with Gasteiger partial charge in [0.25, 0.3) is 0 Å². The molecule has 0 aromatic rings. The molecule has 1 heteroatoms. The van der Waals surface area contributed by atoms with Gasteiger partial charge in [-0.3, -0.25) is 5.11 Å². The zero-order valence-corrected chi connectivity index (χ0v) is 7.80. The Labute approximate surface area is 75.8 Å². The van der Waals surface area contributed by atoms with Gasteiger partial charge in [0.1, 0.15) is 6.26 Å². The van der Waals surface area contributed by atoms with E-state index in [1.165, 1.54) is 25.7 Å². The maximum atomic E-state index is 9.91. The van der Waals surface area contributed by atoms with Crippen molar-refractivity contribution < 1.29 is 5.11 Å². The first-order valence-corrected chi connectivity index (χ1v) is 4.79. The number of allylic oxidation sites excluding steroid dienone is 2. The Balaban J connectivity index is 2.86. The second-order valence-electron chi connectivity index (χ2n) is 3.01. The van der Waals surface area contributed by atoms with Crippen molar-refractivity contribution in [3.63, 3.8) is 0 Å². The highest BCUT2D eigenvalue weighted by molar-refractivity contribution is 4.70. The molecule has 0 atom stereocenters. The number of hydrogen-bond donors (Lipinski definition) is 0. The predicted molar refractivity (Wildman–Crippen MR) is 52.3 cm³/mol. The maximum Gasteiger partial charge on any atom is 0.138 e. The molecule has 0 aliphatic heterocycles. The van der Waals surface area contributed by atoms with Gasteiger partial charge in [-0.1, -0.05) is 25.3 Å². The minimum atomic E-state index is 0.887. The Bertz CT molecular complexity index is 116. The summed E-state index contributed by atoms with van der Waals surface area (Å²) in [4.78, 5) is 0. The number of rotatable bonds is 8. The first kappa shape index (κ1) is 11.3. The highest BCUT2D eigenvalue weighted by atomic mass is 16.2. The molecular weight excluding hydrogens is 148 g/mol. The summed E-state index contributed by atoms with van der Waals surface area (Å²) in [5, 5.41) is 9.91.